The van der Waals surface area contributed by atoms with Crippen LogP contribution in [0, 0.1) is 5.82 Å². The first-order valence-electron chi connectivity index (χ1n) is 7.40. The first-order valence-corrected chi connectivity index (χ1v) is 7.40. The van der Waals surface area contributed by atoms with E-state index in [2.05, 4.69) is 0 Å². The largest absolute Gasteiger partial charge is 0.481 e. The van der Waals surface area contributed by atoms with E-state index in [-0.39, 0.29) is 18.1 Å². The van der Waals surface area contributed by atoms with Gasteiger partial charge in [0.25, 0.3) is 0 Å². The smallest absolute Gasteiger partial charge is 0.306 e. The second kappa shape index (κ2) is 5.68. The minimum atomic E-state index is -0.932. The number of hydrogen-bond acceptors (Lipinski definition) is 3. The van der Waals surface area contributed by atoms with Gasteiger partial charge in [0.05, 0.1) is 24.5 Å². The number of benzene rings is 1. The van der Waals surface area contributed by atoms with Gasteiger partial charge in [-0.15, -0.1) is 0 Å². The molecule has 0 aromatic heterocycles. The summed E-state index contributed by atoms with van der Waals surface area (Å²) in [7, 11) is 0. The van der Waals surface area contributed by atoms with Crippen molar-refractivity contribution < 1.29 is 23.8 Å². The van der Waals surface area contributed by atoms with Crippen LogP contribution in [0.1, 0.15) is 24.8 Å². The molecule has 6 heteroatoms. The van der Waals surface area contributed by atoms with Crippen molar-refractivity contribution in [3.63, 3.8) is 0 Å². The monoisotopic (exact) mass is 307 g/mol. The third kappa shape index (κ3) is 2.83. The molecule has 5 nitrogen and oxygen atoms in total. The fourth-order valence-electron chi connectivity index (χ4n) is 3.04. The van der Waals surface area contributed by atoms with E-state index in [0.717, 1.165) is 18.4 Å². The molecule has 1 aromatic carbocycles. The molecule has 1 N–H and O–H groups in total. The predicted molar refractivity (Wildman–Crippen MR) is 75.9 cm³/mol. The van der Waals surface area contributed by atoms with Crippen LogP contribution in [0.25, 0.3) is 0 Å². The molecule has 2 fully saturated rings. The highest BCUT2D eigenvalue weighted by atomic mass is 19.1. The number of morpholine rings is 1. The molecular formula is C16H18FNO4. The van der Waals surface area contributed by atoms with Crippen molar-refractivity contribution in [3.8, 4) is 0 Å². The minimum absolute atomic E-state index is 0.00204. The summed E-state index contributed by atoms with van der Waals surface area (Å²) in [5.41, 5.74) is 0.277. The van der Waals surface area contributed by atoms with Crippen molar-refractivity contribution >= 4 is 11.9 Å². The van der Waals surface area contributed by atoms with Crippen LogP contribution < -0.4 is 0 Å². The van der Waals surface area contributed by atoms with Gasteiger partial charge in [0, 0.05) is 13.1 Å². The molecule has 1 saturated heterocycles. The van der Waals surface area contributed by atoms with Gasteiger partial charge in [-0.05, 0) is 30.5 Å². The highest BCUT2D eigenvalue weighted by molar-refractivity contribution is 5.91. The number of amides is 1. The second-order valence-electron chi connectivity index (χ2n) is 5.93. The van der Waals surface area contributed by atoms with Crippen LogP contribution in [-0.2, 0) is 19.7 Å². The summed E-state index contributed by atoms with van der Waals surface area (Å²) in [6.07, 6.45) is 0.934. The van der Waals surface area contributed by atoms with Gasteiger partial charge in [-0.2, -0.15) is 0 Å². The fourth-order valence-corrected chi connectivity index (χ4v) is 3.04. The minimum Gasteiger partial charge on any atom is -0.481 e. The van der Waals surface area contributed by atoms with Gasteiger partial charge in [-0.1, -0.05) is 12.1 Å². The SMILES string of the molecule is O=C(O)C[C@H]1CN(C(=O)C2(c3ccc(F)cc3)CC2)CCO1. The van der Waals surface area contributed by atoms with Crippen molar-refractivity contribution in [1.82, 2.24) is 4.90 Å². The molecule has 2 aliphatic rings. The Labute approximate surface area is 127 Å². The molecular weight excluding hydrogens is 289 g/mol. The molecule has 1 saturated carbocycles. The molecule has 118 valence electrons. The summed E-state index contributed by atoms with van der Waals surface area (Å²) in [5.74, 6) is -1.25. The number of nitrogens with zero attached hydrogens (tertiary/aromatic N) is 1. The number of halogens is 1. The standard InChI is InChI=1S/C16H18FNO4/c17-12-3-1-11(2-4-12)16(5-6-16)15(21)18-7-8-22-13(10-18)9-14(19)20/h1-4,13H,5-10H2,(H,19,20)/t13-/m0/s1. The zero-order chi connectivity index (χ0) is 15.7. The van der Waals surface area contributed by atoms with Crippen molar-refractivity contribution in [2.75, 3.05) is 19.7 Å². The second-order valence-corrected chi connectivity index (χ2v) is 5.93. The third-order valence-electron chi connectivity index (χ3n) is 4.38. The topological polar surface area (TPSA) is 66.8 Å². The Hall–Kier alpha value is -1.95. The van der Waals surface area contributed by atoms with Crippen LogP contribution in [0.3, 0.4) is 0 Å². The quantitative estimate of drug-likeness (QED) is 0.916. The lowest BCUT2D eigenvalue weighted by Gasteiger charge is -2.35. The molecule has 0 spiro atoms. The number of carbonyl (C=O) groups is 2. The zero-order valence-electron chi connectivity index (χ0n) is 12.1. The van der Waals surface area contributed by atoms with Crippen LogP contribution in [0.4, 0.5) is 4.39 Å². The molecule has 1 aliphatic carbocycles. The molecule has 1 aliphatic heterocycles. The summed E-state index contributed by atoms with van der Waals surface area (Å²) in [6, 6.07) is 6.06. The normalized spacial score (nSPS) is 23.1. The van der Waals surface area contributed by atoms with E-state index in [4.69, 9.17) is 9.84 Å². The maximum Gasteiger partial charge on any atom is 0.306 e. The maximum atomic E-state index is 13.1. The molecule has 0 bridgehead atoms. The Kier molecular flexibility index (Phi) is 3.87. The number of aliphatic carboxylic acids is 1. The van der Waals surface area contributed by atoms with E-state index >= 15 is 0 Å². The molecule has 3 rings (SSSR count). The van der Waals surface area contributed by atoms with Crippen molar-refractivity contribution in [1.29, 1.82) is 0 Å². The van der Waals surface area contributed by atoms with Crippen LogP contribution in [0.15, 0.2) is 24.3 Å². The van der Waals surface area contributed by atoms with Gasteiger partial charge in [0.15, 0.2) is 0 Å². The Morgan fingerprint density at radius 1 is 1.32 bits per heavy atom. The number of carboxylic acids is 1. The van der Waals surface area contributed by atoms with E-state index < -0.39 is 17.5 Å². The van der Waals surface area contributed by atoms with Gasteiger partial charge < -0.3 is 14.7 Å². The van der Waals surface area contributed by atoms with E-state index in [1.165, 1.54) is 12.1 Å². The summed E-state index contributed by atoms with van der Waals surface area (Å²) < 4.78 is 18.5. The lowest BCUT2D eigenvalue weighted by atomic mass is 9.94. The van der Waals surface area contributed by atoms with Crippen LogP contribution >= 0.6 is 0 Å². The molecule has 1 heterocycles. The molecule has 1 atom stereocenters. The van der Waals surface area contributed by atoms with E-state index in [9.17, 15) is 14.0 Å². The van der Waals surface area contributed by atoms with E-state index in [1.807, 2.05) is 0 Å². The first-order chi connectivity index (χ1) is 10.5. The molecule has 0 radical (unpaired) electrons. The van der Waals surface area contributed by atoms with Gasteiger partial charge in [-0.3, -0.25) is 9.59 Å². The number of carbonyl (C=O) groups excluding carboxylic acids is 1. The summed E-state index contributed by atoms with van der Waals surface area (Å²) in [4.78, 5) is 25.3. The average molecular weight is 307 g/mol. The summed E-state index contributed by atoms with van der Waals surface area (Å²) in [5, 5.41) is 8.85. The fraction of sp³-hybridized carbons (Fsp3) is 0.500. The summed E-state index contributed by atoms with van der Waals surface area (Å²) >= 11 is 0. The highest BCUT2D eigenvalue weighted by Gasteiger charge is 2.53. The number of rotatable bonds is 4. The Balaban J connectivity index is 1.73. The Morgan fingerprint density at radius 3 is 2.59 bits per heavy atom. The maximum absolute atomic E-state index is 13.1. The number of carboxylic acid groups (broad SMARTS) is 1. The lowest BCUT2D eigenvalue weighted by molar-refractivity contribution is -0.149. The van der Waals surface area contributed by atoms with Crippen LogP contribution in [0.2, 0.25) is 0 Å². The van der Waals surface area contributed by atoms with Crippen LogP contribution in [-0.4, -0.2) is 47.7 Å². The van der Waals surface area contributed by atoms with E-state index in [1.54, 1.807) is 17.0 Å². The molecule has 1 aromatic rings. The molecule has 0 unspecified atom stereocenters. The predicted octanol–water partition coefficient (Wildman–Crippen LogP) is 1.56. The average Bonchev–Trinajstić information content (AvgIpc) is 3.28. The van der Waals surface area contributed by atoms with Gasteiger partial charge >= 0.3 is 5.97 Å². The Morgan fingerprint density at radius 2 is 2.00 bits per heavy atom. The van der Waals surface area contributed by atoms with E-state index in [0.29, 0.717) is 19.7 Å². The van der Waals surface area contributed by atoms with Crippen molar-refractivity contribution in [2.45, 2.75) is 30.8 Å². The molecule has 1 amide bonds. The number of hydrogen-bond donors (Lipinski definition) is 1. The first kappa shape index (κ1) is 15.0. The van der Waals surface area contributed by atoms with Gasteiger partial charge in [-0.25, -0.2) is 4.39 Å². The van der Waals surface area contributed by atoms with Crippen molar-refractivity contribution in [3.05, 3.63) is 35.6 Å². The highest BCUT2D eigenvalue weighted by Crippen LogP contribution is 2.49. The summed E-state index contributed by atoms with van der Waals surface area (Å²) in [6.45, 7) is 1.12. The Bertz CT molecular complexity index is 582. The molecule has 22 heavy (non-hydrogen) atoms. The van der Waals surface area contributed by atoms with Gasteiger partial charge in [0.1, 0.15) is 5.82 Å². The van der Waals surface area contributed by atoms with Crippen LogP contribution in [0.5, 0.6) is 0 Å². The lowest BCUT2D eigenvalue weighted by Crippen LogP contribution is -2.49. The number of ether oxygens (including phenoxy) is 1. The van der Waals surface area contributed by atoms with Crippen molar-refractivity contribution in [2.24, 2.45) is 0 Å². The third-order valence-corrected chi connectivity index (χ3v) is 4.38. The van der Waals surface area contributed by atoms with Gasteiger partial charge in [0.2, 0.25) is 5.91 Å². The zero-order valence-corrected chi connectivity index (χ0v) is 12.1.